The molecule has 0 saturated heterocycles. The molecule has 15 heavy (non-hydrogen) atoms. The van der Waals surface area contributed by atoms with Crippen LogP contribution >= 0.6 is 0 Å². The summed E-state index contributed by atoms with van der Waals surface area (Å²) in [4.78, 5) is 3.22. The highest BCUT2D eigenvalue weighted by Gasteiger charge is 2.20. The summed E-state index contributed by atoms with van der Waals surface area (Å²) in [5.74, 6) is 0. The lowest BCUT2D eigenvalue weighted by Crippen LogP contribution is -2.36. The normalized spacial score (nSPS) is 28.9. The SMILES string of the molecule is CC(NC1CCC(O)CC1)c1ccc[nH]1. The molecule has 1 aliphatic rings. The smallest absolute Gasteiger partial charge is 0.0541 e. The number of hydrogen-bond donors (Lipinski definition) is 3. The summed E-state index contributed by atoms with van der Waals surface area (Å²) in [6, 6.07) is 5.07. The molecule has 0 aromatic carbocycles. The molecule has 0 bridgehead atoms. The molecule has 2 rings (SSSR count). The Bertz CT molecular complexity index is 276. The Hall–Kier alpha value is -0.800. The zero-order chi connectivity index (χ0) is 10.7. The lowest BCUT2D eigenvalue weighted by molar-refractivity contribution is 0.114. The fraction of sp³-hybridized carbons (Fsp3) is 0.667. The van der Waals surface area contributed by atoms with Crippen molar-refractivity contribution in [1.82, 2.24) is 10.3 Å². The molecule has 1 aliphatic carbocycles. The summed E-state index contributed by atoms with van der Waals surface area (Å²) in [6.07, 6.45) is 5.95. The minimum absolute atomic E-state index is 0.0659. The molecule has 1 fully saturated rings. The Morgan fingerprint density at radius 1 is 1.40 bits per heavy atom. The van der Waals surface area contributed by atoms with Crippen LogP contribution in [0, 0.1) is 0 Å². The van der Waals surface area contributed by atoms with E-state index in [-0.39, 0.29) is 6.10 Å². The second-order valence-electron chi connectivity index (χ2n) is 4.52. The van der Waals surface area contributed by atoms with Gasteiger partial charge in [0.15, 0.2) is 0 Å². The predicted molar refractivity (Wildman–Crippen MR) is 60.6 cm³/mol. The van der Waals surface area contributed by atoms with Gasteiger partial charge in [0, 0.05) is 24.0 Å². The van der Waals surface area contributed by atoms with E-state index in [1.165, 1.54) is 5.69 Å². The first-order chi connectivity index (χ1) is 7.25. The molecule has 1 aromatic heterocycles. The Kier molecular flexibility index (Phi) is 3.44. The predicted octanol–water partition coefficient (Wildman–Crippen LogP) is 1.97. The summed E-state index contributed by atoms with van der Waals surface area (Å²) in [5.41, 5.74) is 1.24. The summed E-state index contributed by atoms with van der Waals surface area (Å²) in [7, 11) is 0. The molecular weight excluding hydrogens is 188 g/mol. The van der Waals surface area contributed by atoms with E-state index in [9.17, 15) is 5.11 Å². The van der Waals surface area contributed by atoms with Gasteiger partial charge in [0.1, 0.15) is 0 Å². The molecule has 0 aliphatic heterocycles. The van der Waals surface area contributed by atoms with Crippen LogP contribution in [0.1, 0.15) is 44.3 Å². The second-order valence-corrected chi connectivity index (χ2v) is 4.52. The van der Waals surface area contributed by atoms with Crippen LogP contribution in [0.4, 0.5) is 0 Å². The van der Waals surface area contributed by atoms with Crippen molar-refractivity contribution in [3.8, 4) is 0 Å². The Balaban J connectivity index is 1.82. The lowest BCUT2D eigenvalue weighted by Gasteiger charge is -2.28. The zero-order valence-electron chi connectivity index (χ0n) is 9.24. The van der Waals surface area contributed by atoms with E-state index >= 15 is 0 Å². The highest BCUT2D eigenvalue weighted by atomic mass is 16.3. The number of rotatable bonds is 3. The van der Waals surface area contributed by atoms with Gasteiger partial charge in [0.2, 0.25) is 0 Å². The first kappa shape index (κ1) is 10.7. The third-order valence-corrected chi connectivity index (χ3v) is 3.27. The monoisotopic (exact) mass is 208 g/mol. The van der Waals surface area contributed by atoms with Crippen molar-refractivity contribution in [2.45, 2.75) is 50.8 Å². The number of H-pyrrole nitrogens is 1. The maximum absolute atomic E-state index is 9.41. The van der Waals surface area contributed by atoms with Crippen LogP contribution in [0.2, 0.25) is 0 Å². The summed E-state index contributed by atoms with van der Waals surface area (Å²) >= 11 is 0. The van der Waals surface area contributed by atoms with Gasteiger partial charge in [-0.25, -0.2) is 0 Å². The number of aliphatic hydroxyl groups is 1. The van der Waals surface area contributed by atoms with Gasteiger partial charge in [-0.3, -0.25) is 0 Å². The van der Waals surface area contributed by atoms with E-state index < -0.39 is 0 Å². The third kappa shape index (κ3) is 2.83. The summed E-state index contributed by atoms with van der Waals surface area (Å²) in [5, 5.41) is 13.0. The molecule has 3 nitrogen and oxygen atoms in total. The van der Waals surface area contributed by atoms with Gasteiger partial charge in [0.25, 0.3) is 0 Å². The van der Waals surface area contributed by atoms with Crippen molar-refractivity contribution in [3.05, 3.63) is 24.0 Å². The number of hydrogen-bond acceptors (Lipinski definition) is 2. The first-order valence-electron chi connectivity index (χ1n) is 5.83. The van der Waals surface area contributed by atoms with E-state index in [1.54, 1.807) is 0 Å². The molecule has 0 spiro atoms. The van der Waals surface area contributed by atoms with Crippen LogP contribution in [-0.4, -0.2) is 22.2 Å². The van der Waals surface area contributed by atoms with Gasteiger partial charge < -0.3 is 15.4 Å². The fourth-order valence-corrected chi connectivity index (χ4v) is 2.30. The number of aromatic nitrogens is 1. The zero-order valence-corrected chi connectivity index (χ0v) is 9.24. The van der Waals surface area contributed by atoms with Crippen LogP contribution in [-0.2, 0) is 0 Å². The quantitative estimate of drug-likeness (QED) is 0.711. The first-order valence-corrected chi connectivity index (χ1v) is 5.83. The molecule has 0 radical (unpaired) electrons. The number of nitrogens with one attached hydrogen (secondary N) is 2. The van der Waals surface area contributed by atoms with Crippen LogP contribution in [0.3, 0.4) is 0 Å². The topological polar surface area (TPSA) is 48.0 Å². The largest absolute Gasteiger partial charge is 0.393 e. The molecule has 0 amide bonds. The van der Waals surface area contributed by atoms with Crippen molar-refractivity contribution < 1.29 is 5.11 Å². The lowest BCUT2D eigenvalue weighted by atomic mass is 9.92. The van der Waals surface area contributed by atoms with Gasteiger partial charge in [-0.05, 0) is 44.7 Å². The van der Waals surface area contributed by atoms with Crippen molar-refractivity contribution in [1.29, 1.82) is 0 Å². The Labute approximate surface area is 90.9 Å². The van der Waals surface area contributed by atoms with Crippen LogP contribution in [0.5, 0.6) is 0 Å². The molecule has 3 heteroatoms. The van der Waals surface area contributed by atoms with E-state index in [0.29, 0.717) is 12.1 Å². The second kappa shape index (κ2) is 4.81. The fourth-order valence-electron chi connectivity index (χ4n) is 2.30. The Morgan fingerprint density at radius 2 is 2.13 bits per heavy atom. The molecule has 1 saturated carbocycles. The van der Waals surface area contributed by atoms with E-state index in [0.717, 1.165) is 25.7 Å². The third-order valence-electron chi connectivity index (χ3n) is 3.27. The minimum atomic E-state index is -0.0659. The van der Waals surface area contributed by atoms with Gasteiger partial charge >= 0.3 is 0 Å². The maximum Gasteiger partial charge on any atom is 0.0541 e. The molecule has 1 unspecified atom stereocenters. The standard InChI is InChI=1S/C12H20N2O/c1-9(12-3-2-8-13-12)14-10-4-6-11(15)7-5-10/h2-3,8-11,13-15H,4-7H2,1H3. The van der Waals surface area contributed by atoms with Crippen LogP contribution in [0.25, 0.3) is 0 Å². The van der Waals surface area contributed by atoms with E-state index in [1.807, 2.05) is 12.3 Å². The molecule has 1 aromatic rings. The van der Waals surface area contributed by atoms with Crippen molar-refractivity contribution >= 4 is 0 Å². The van der Waals surface area contributed by atoms with E-state index in [2.05, 4.69) is 23.3 Å². The summed E-state index contributed by atoms with van der Waals surface area (Å²) < 4.78 is 0. The molecule has 1 heterocycles. The number of aliphatic hydroxyl groups excluding tert-OH is 1. The highest BCUT2D eigenvalue weighted by molar-refractivity contribution is 5.08. The molecule has 1 atom stereocenters. The van der Waals surface area contributed by atoms with Crippen molar-refractivity contribution in [2.24, 2.45) is 0 Å². The average molecular weight is 208 g/mol. The van der Waals surface area contributed by atoms with Crippen LogP contribution in [0.15, 0.2) is 18.3 Å². The van der Waals surface area contributed by atoms with Gasteiger partial charge in [0.05, 0.1) is 6.10 Å². The molecular formula is C12H20N2O. The minimum Gasteiger partial charge on any atom is -0.393 e. The highest BCUT2D eigenvalue weighted by Crippen LogP contribution is 2.21. The van der Waals surface area contributed by atoms with Crippen LogP contribution < -0.4 is 5.32 Å². The van der Waals surface area contributed by atoms with Gasteiger partial charge in [-0.15, -0.1) is 0 Å². The van der Waals surface area contributed by atoms with Gasteiger partial charge in [-0.1, -0.05) is 0 Å². The van der Waals surface area contributed by atoms with Crippen molar-refractivity contribution in [2.75, 3.05) is 0 Å². The number of aromatic amines is 1. The van der Waals surface area contributed by atoms with E-state index in [4.69, 9.17) is 0 Å². The van der Waals surface area contributed by atoms with Gasteiger partial charge in [-0.2, -0.15) is 0 Å². The average Bonchev–Trinajstić information content (AvgIpc) is 2.74. The summed E-state index contributed by atoms with van der Waals surface area (Å²) in [6.45, 7) is 2.18. The van der Waals surface area contributed by atoms with Crippen molar-refractivity contribution in [3.63, 3.8) is 0 Å². The Morgan fingerprint density at radius 3 is 2.73 bits per heavy atom. The molecule has 84 valence electrons. The molecule has 3 N–H and O–H groups in total. The maximum atomic E-state index is 9.41.